The van der Waals surface area contributed by atoms with E-state index in [2.05, 4.69) is 0 Å². The van der Waals surface area contributed by atoms with Crippen LogP contribution in [0.2, 0.25) is 0 Å². The minimum Gasteiger partial charge on any atom is -0.207 e. The van der Waals surface area contributed by atoms with Gasteiger partial charge in [0.25, 0.3) is 0 Å². The number of sulfonamides is 1. The summed E-state index contributed by atoms with van der Waals surface area (Å²) in [5.41, 5.74) is -2.72. The first kappa shape index (κ1) is 19.7. The molecule has 3 rings (SSSR count). The van der Waals surface area contributed by atoms with Gasteiger partial charge in [-0.15, -0.1) is 0 Å². The molecular formula is C17H13F6NO2S. The first-order valence-electron chi connectivity index (χ1n) is 7.71. The van der Waals surface area contributed by atoms with E-state index in [1.54, 1.807) is 30.3 Å². The minimum atomic E-state index is -5.12. The average Bonchev–Trinajstić information content (AvgIpc) is 3.26. The SMILES string of the molecule is C[C@@H]1[C@@H](c2ccccc2)N1S(=O)(=O)c1cc(C(F)(F)F)cc(C(F)(F)F)c1. The molecule has 10 heteroatoms. The maximum Gasteiger partial charge on any atom is 0.416 e. The fraction of sp³-hybridized carbons (Fsp3) is 0.294. The second kappa shape index (κ2) is 6.23. The summed E-state index contributed by atoms with van der Waals surface area (Å²) in [5.74, 6) is 0. The zero-order valence-corrected chi connectivity index (χ0v) is 14.5. The average molecular weight is 409 g/mol. The van der Waals surface area contributed by atoms with Gasteiger partial charge in [-0.3, -0.25) is 0 Å². The molecule has 0 N–H and O–H groups in total. The molecule has 1 saturated heterocycles. The number of hydrogen-bond donors (Lipinski definition) is 0. The van der Waals surface area contributed by atoms with Crippen LogP contribution in [0.25, 0.3) is 0 Å². The molecule has 2 aromatic carbocycles. The Balaban J connectivity index is 2.07. The van der Waals surface area contributed by atoms with Crippen LogP contribution in [0.3, 0.4) is 0 Å². The van der Waals surface area contributed by atoms with Gasteiger partial charge in [-0.25, -0.2) is 8.42 Å². The Morgan fingerprint density at radius 2 is 1.33 bits per heavy atom. The van der Waals surface area contributed by atoms with Crippen LogP contribution < -0.4 is 0 Å². The minimum absolute atomic E-state index is 0.0979. The number of nitrogens with zero attached hydrogens (tertiary/aromatic N) is 1. The molecule has 0 amide bonds. The molecule has 1 fully saturated rings. The van der Waals surface area contributed by atoms with Gasteiger partial charge in [-0.2, -0.15) is 30.6 Å². The van der Waals surface area contributed by atoms with Crippen LogP contribution in [0.1, 0.15) is 29.7 Å². The van der Waals surface area contributed by atoms with Gasteiger partial charge in [0, 0.05) is 6.04 Å². The van der Waals surface area contributed by atoms with Crippen molar-refractivity contribution in [3.63, 3.8) is 0 Å². The first-order valence-corrected chi connectivity index (χ1v) is 9.15. The molecule has 0 saturated carbocycles. The highest BCUT2D eigenvalue weighted by molar-refractivity contribution is 7.89. The molecule has 3 atom stereocenters. The lowest BCUT2D eigenvalue weighted by atomic mass is 10.1. The lowest BCUT2D eigenvalue weighted by Gasteiger charge is -2.15. The summed E-state index contributed by atoms with van der Waals surface area (Å²) in [4.78, 5) is -1.03. The van der Waals surface area contributed by atoms with Crippen molar-refractivity contribution in [2.75, 3.05) is 0 Å². The van der Waals surface area contributed by atoms with E-state index in [0.717, 1.165) is 4.31 Å². The van der Waals surface area contributed by atoms with Crippen LogP contribution in [-0.2, 0) is 22.4 Å². The van der Waals surface area contributed by atoms with Crippen LogP contribution in [0.4, 0.5) is 26.3 Å². The monoisotopic (exact) mass is 409 g/mol. The predicted molar refractivity (Wildman–Crippen MR) is 84.1 cm³/mol. The van der Waals surface area contributed by atoms with Gasteiger partial charge in [0.1, 0.15) is 0 Å². The van der Waals surface area contributed by atoms with E-state index in [1.165, 1.54) is 6.92 Å². The third-order valence-electron chi connectivity index (χ3n) is 4.32. The summed E-state index contributed by atoms with van der Waals surface area (Å²) < 4.78 is 104. The molecule has 27 heavy (non-hydrogen) atoms. The second-order valence-corrected chi connectivity index (χ2v) is 8.02. The van der Waals surface area contributed by atoms with Crippen molar-refractivity contribution in [2.24, 2.45) is 0 Å². The topological polar surface area (TPSA) is 37.1 Å². The molecule has 0 spiro atoms. The highest BCUT2D eigenvalue weighted by Gasteiger charge is 2.54. The van der Waals surface area contributed by atoms with Crippen molar-refractivity contribution in [1.29, 1.82) is 0 Å². The van der Waals surface area contributed by atoms with Gasteiger partial charge >= 0.3 is 12.4 Å². The zero-order valence-electron chi connectivity index (χ0n) is 13.7. The molecule has 2 aromatic rings. The van der Waals surface area contributed by atoms with E-state index < -0.39 is 50.5 Å². The van der Waals surface area contributed by atoms with Crippen molar-refractivity contribution in [2.45, 2.75) is 36.3 Å². The van der Waals surface area contributed by atoms with Gasteiger partial charge in [-0.1, -0.05) is 30.3 Å². The highest BCUT2D eigenvalue weighted by atomic mass is 32.2. The molecule has 3 nitrogen and oxygen atoms in total. The standard InChI is InChI=1S/C17H13F6NO2S/c1-10-15(11-5-3-2-4-6-11)24(10)27(25,26)14-8-12(16(18,19)20)7-13(9-14)17(21,22)23/h2-10,15H,1H3/t10-,15+,24?/m1/s1. The third-order valence-corrected chi connectivity index (χ3v) is 6.27. The largest absolute Gasteiger partial charge is 0.416 e. The summed E-state index contributed by atoms with van der Waals surface area (Å²) in [6.07, 6.45) is -10.2. The fourth-order valence-corrected chi connectivity index (χ4v) is 4.85. The van der Waals surface area contributed by atoms with Crippen molar-refractivity contribution < 1.29 is 34.8 Å². The Bertz CT molecular complexity index is 921. The van der Waals surface area contributed by atoms with Crippen LogP contribution >= 0.6 is 0 Å². The second-order valence-electron chi connectivity index (χ2n) is 6.17. The number of halogens is 6. The molecule has 1 heterocycles. The van der Waals surface area contributed by atoms with Crippen molar-refractivity contribution >= 4 is 10.0 Å². The molecule has 1 aliphatic rings. The number of hydrogen-bond acceptors (Lipinski definition) is 2. The molecule has 0 radical (unpaired) electrons. The van der Waals surface area contributed by atoms with E-state index in [-0.39, 0.29) is 18.2 Å². The van der Waals surface area contributed by atoms with E-state index in [9.17, 15) is 34.8 Å². The summed E-state index contributed by atoms with van der Waals surface area (Å²) >= 11 is 0. The van der Waals surface area contributed by atoms with Crippen molar-refractivity contribution in [1.82, 2.24) is 4.31 Å². The van der Waals surface area contributed by atoms with Crippen LogP contribution in [0, 0.1) is 0 Å². The summed E-state index contributed by atoms with van der Waals surface area (Å²) in [6, 6.07) is 7.47. The number of rotatable bonds is 3. The maximum atomic E-state index is 13.0. The zero-order chi connectivity index (χ0) is 20.2. The molecule has 1 aliphatic heterocycles. The van der Waals surface area contributed by atoms with E-state index in [4.69, 9.17) is 0 Å². The van der Waals surface area contributed by atoms with E-state index >= 15 is 0 Å². The molecular weight excluding hydrogens is 396 g/mol. The maximum absolute atomic E-state index is 13.0. The van der Waals surface area contributed by atoms with E-state index in [0.29, 0.717) is 5.56 Å². The molecule has 0 aromatic heterocycles. The summed E-state index contributed by atoms with van der Waals surface area (Å²) in [5, 5.41) is 0. The normalized spacial score (nSPS) is 23.3. The number of alkyl halides is 6. The van der Waals surface area contributed by atoms with E-state index in [1.807, 2.05) is 0 Å². The Morgan fingerprint density at radius 1 is 0.852 bits per heavy atom. The third kappa shape index (κ3) is 3.68. The quantitative estimate of drug-likeness (QED) is 0.537. The van der Waals surface area contributed by atoms with Gasteiger partial charge in [0.15, 0.2) is 0 Å². The summed E-state index contributed by atoms with van der Waals surface area (Å²) in [7, 11) is -4.54. The Kier molecular flexibility index (Phi) is 4.54. The highest BCUT2D eigenvalue weighted by Crippen LogP contribution is 2.48. The lowest BCUT2D eigenvalue weighted by molar-refractivity contribution is -0.143. The van der Waals surface area contributed by atoms with Crippen LogP contribution in [-0.4, -0.2) is 18.8 Å². The Morgan fingerprint density at radius 3 is 1.78 bits per heavy atom. The van der Waals surface area contributed by atoms with Crippen LogP contribution in [0.15, 0.2) is 53.4 Å². The molecule has 146 valence electrons. The Hall–Kier alpha value is -2.07. The molecule has 1 unspecified atom stereocenters. The smallest absolute Gasteiger partial charge is 0.207 e. The number of benzene rings is 2. The summed E-state index contributed by atoms with van der Waals surface area (Å²) in [6.45, 7) is 1.54. The van der Waals surface area contributed by atoms with Crippen molar-refractivity contribution in [3.8, 4) is 0 Å². The van der Waals surface area contributed by atoms with Gasteiger partial charge in [-0.05, 0) is 30.7 Å². The lowest BCUT2D eigenvalue weighted by Crippen LogP contribution is -2.18. The fourth-order valence-electron chi connectivity index (χ4n) is 2.96. The molecule has 0 aliphatic carbocycles. The van der Waals surface area contributed by atoms with Gasteiger partial charge in [0.2, 0.25) is 10.0 Å². The van der Waals surface area contributed by atoms with Crippen LogP contribution in [0.5, 0.6) is 0 Å². The Labute approximate surface area is 151 Å². The molecule has 0 bridgehead atoms. The predicted octanol–water partition coefficient (Wildman–Crippen LogP) is 4.86. The first-order chi connectivity index (χ1) is 12.3. The van der Waals surface area contributed by atoms with Crippen molar-refractivity contribution in [3.05, 3.63) is 65.2 Å². The van der Waals surface area contributed by atoms with Gasteiger partial charge < -0.3 is 0 Å². The van der Waals surface area contributed by atoms with Gasteiger partial charge in [0.05, 0.1) is 22.1 Å².